The largest absolute Gasteiger partial charge is 0.387 e. The average molecular weight is 342 g/mol. The maximum Gasteiger partial charge on any atom is 0.0952 e. The van der Waals surface area contributed by atoms with Gasteiger partial charge in [-0.1, -0.05) is 48.6 Å². The summed E-state index contributed by atoms with van der Waals surface area (Å²) >= 11 is 0. The van der Waals surface area contributed by atoms with Crippen LogP contribution >= 0.6 is 0 Å². The van der Waals surface area contributed by atoms with Crippen LogP contribution in [-0.4, -0.2) is 55.0 Å². The van der Waals surface area contributed by atoms with E-state index in [1.165, 1.54) is 5.56 Å². The van der Waals surface area contributed by atoms with E-state index >= 15 is 0 Å². The number of aliphatic hydroxyl groups excluding tert-OH is 1. The molecule has 0 spiro atoms. The molecule has 4 nitrogen and oxygen atoms in total. The Morgan fingerprint density at radius 2 is 1.92 bits per heavy atom. The second kappa shape index (κ2) is 9.30. The van der Waals surface area contributed by atoms with Gasteiger partial charge in [0.2, 0.25) is 0 Å². The zero-order valence-corrected chi connectivity index (χ0v) is 15.1. The van der Waals surface area contributed by atoms with Gasteiger partial charge in [0.05, 0.1) is 25.4 Å². The van der Waals surface area contributed by atoms with E-state index in [9.17, 15) is 5.11 Å². The fourth-order valence-electron chi connectivity index (χ4n) is 3.55. The summed E-state index contributed by atoms with van der Waals surface area (Å²) in [6.45, 7) is 6.41. The first-order valence-electron chi connectivity index (χ1n) is 9.40. The molecule has 1 aromatic rings. The predicted molar refractivity (Wildman–Crippen MR) is 102 cm³/mol. The Morgan fingerprint density at radius 1 is 1.16 bits per heavy atom. The van der Waals surface area contributed by atoms with Gasteiger partial charge in [-0.15, -0.1) is 0 Å². The van der Waals surface area contributed by atoms with Crippen molar-refractivity contribution in [2.45, 2.75) is 38.0 Å². The van der Waals surface area contributed by atoms with E-state index in [0.717, 1.165) is 51.3 Å². The number of allylic oxidation sites excluding steroid dienone is 2. The Hall–Kier alpha value is -1.46. The fraction of sp³-hybridized carbons (Fsp3) is 0.524. The molecule has 0 unspecified atom stereocenters. The molecule has 25 heavy (non-hydrogen) atoms. The number of aliphatic hydroxyl groups is 1. The highest BCUT2D eigenvalue weighted by Gasteiger charge is 2.27. The normalized spacial score (nSPS) is 22.2. The van der Waals surface area contributed by atoms with Gasteiger partial charge in [0.25, 0.3) is 0 Å². The summed E-state index contributed by atoms with van der Waals surface area (Å²) in [6, 6.07) is 10.6. The van der Waals surface area contributed by atoms with Gasteiger partial charge < -0.3 is 15.2 Å². The van der Waals surface area contributed by atoms with Crippen molar-refractivity contribution in [3.63, 3.8) is 0 Å². The lowest BCUT2D eigenvalue weighted by atomic mass is 9.95. The Morgan fingerprint density at radius 3 is 2.60 bits per heavy atom. The second-order valence-corrected chi connectivity index (χ2v) is 6.95. The van der Waals surface area contributed by atoms with Crippen molar-refractivity contribution in [1.82, 2.24) is 10.2 Å². The lowest BCUT2D eigenvalue weighted by Gasteiger charge is -2.35. The molecule has 1 aliphatic carbocycles. The van der Waals surface area contributed by atoms with Gasteiger partial charge in [-0.25, -0.2) is 0 Å². The molecule has 3 atom stereocenters. The molecule has 1 heterocycles. The first kappa shape index (κ1) is 18.3. The summed E-state index contributed by atoms with van der Waals surface area (Å²) in [4.78, 5) is 2.38. The predicted octanol–water partition coefficient (Wildman–Crippen LogP) is 2.68. The van der Waals surface area contributed by atoms with E-state index in [2.05, 4.69) is 59.6 Å². The fourth-order valence-corrected chi connectivity index (χ4v) is 3.55. The van der Waals surface area contributed by atoms with Gasteiger partial charge in [0, 0.05) is 25.7 Å². The Kier molecular flexibility index (Phi) is 6.82. The molecule has 136 valence electrons. The zero-order chi connectivity index (χ0) is 17.5. The zero-order valence-electron chi connectivity index (χ0n) is 15.1. The van der Waals surface area contributed by atoms with Gasteiger partial charge in [0.15, 0.2) is 0 Å². The number of benzene rings is 1. The Bertz CT molecular complexity index is 579. The highest BCUT2D eigenvalue weighted by Crippen LogP contribution is 2.20. The number of nitrogens with zero attached hydrogens (tertiary/aromatic N) is 1. The maximum absolute atomic E-state index is 11.0. The molecule has 1 saturated heterocycles. The molecule has 0 bridgehead atoms. The summed E-state index contributed by atoms with van der Waals surface area (Å²) in [6.07, 6.45) is 8.00. The third-order valence-corrected chi connectivity index (χ3v) is 5.07. The molecule has 0 saturated carbocycles. The summed E-state index contributed by atoms with van der Waals surface area (Å²) in [5, 5.41) is 14.7. The molecule has 4 heteroatoms. The SMILES string of the molecule is C[C@H](N[C@H](CN1CCOCC1)[C@H](O)C1=CCCC=C1)c1ccccc1. The van der Waals surface area contributed by atoms with Crippen LogP contribution < -0.4 is 5.32 Å². The molecule has 0 radical (unpaired) electrons. The van der Waals surface area contributed by atoms with Crippen molar-refractivity contribution in [3.8, 4) is 0 Å². The average Bonchev–Trinajstić information content (AvgIpc) is 2.69. The first-order valence-corrected chi connectivity index (χ1v) is 9.40. The van der Waals surface area contributed by atoms with E-state index in [4.69, 9.17) is 4.74 Å². The summed E-state index contributed by atoms with van der Waals surface area (Å²) in [5.41, 5.74) is 2.28. The van der Waals surface area contributed by atoms with Crippen LogP contribution in [0, 0.1) is 0 Å². The molecule has 0 aromatic heterocycles. The third kappa shape index (κ3) is 5.25. The van der Waals surface area contributed by atoms with Crippen LogP contribution in [0.3, 0.4) is 0 Å². The number of morpholine rings is 1. The van der Waals surface area contributed by atoms with Crippen molar-refractivity contribution in [1.29, 1.82) is 0 Å². The molecule has 3 rings (SSSR count). The van der Waals surface area contributed by atoms with Gasteiger partial charge >= 0.3 is 0 Å². The molecular weight excluding hydrogens is 312 g/mol. The van der Waals surface area contributed by atoms with Crippen molar-refractivity contribution >= 4 is 0 Å². The summed E-state index contributed by atoms with van der Waals surface area (Å²) in [5.74, 6) is 0. The Balaban J connectivity index is 1.70. The van der Waals surface area contributed by atoms with Gasteiger partial charge in [0.1, 0.15) is 0 Å². The monoisotopic (exact) mass is 342 g/mol. The quantitative estimate of drug-likeness (QED) is 0.800. The van der Waals surface area contributed by atoms with Crippen molar-refractivity contribution < 1.29 is 9.84 Å². The molecule has 1 aromatic carbocycles. The molecule has 1 fully saturated rings. The number of nitrogens with one attached hydrogen (secondary N) is 1. The van der Waals surface area contributed by atoms with Crippen molar-refractivity contribution in [3.05, 3.63) is 59.7 Å². The highest BCUT2D eigenvalue weighted by molar-refractivity contribution is 5.28. The van der Waals surface area contributed by atoms with Crippen LogP contribution in [0.25, 0.3) is 0 Å². The number of rotatable bonds is 7. The lowest BCUT2D eigenvalue weighted by molar-refractivity contribution is 0.0235. The van der Waals surface area contributed by atoms with Crippen LogP contribution in [0.5, 0.6) is 0 Å². The van der Waals surface area contributed by atoms with E-state index in [1.807, 2.05) is 6.07 Å². The molecular formula is C21H30N2O2. The van der Waals surface area contributed by atoms with Crippen LogP contribution in [0.4, 0.5) is 0 Å². The second-order valence-electron chi connectivity index (χ2n) is 6.95. The van der Waals surface area contributed by atoms with E-state index < -0.39 is 6.10 Å². The number of ether oxygens (including phenoxy) is 1. The van der Waals surface area contributed by atoms with Crippen molar-refractivity contribution in [2.75, 3.05) is 32.8 Å². The minimum absolute atomic E-state index is 0.0118. The van der Waals surface area contributed by atoms with Crippen LogP contribution in [0.15, 0.2) is 54.1 Å². The smallest absolute Gasteiger partial charge is 0.0952 e. The van der Waals surface area contributed by atoms with Gasteiger partial charge in [-0.3, -0.25) is 4.90 Å². The standard InChI is InChI=1S/C21H30N2O2/c1-17(18-8-4-2-5-9-18)22-20(16-23-12-14-25-15-13-23)21(24)19-10-6-3-7-11-19/h2,4-6,8-11,17,20-22,24H,3,7,12-16H2,1H3/t17-,20+,21+/m0/s1. The first-order chi connectivity index (χ1) is 12.2. The minimum Gasteiger partial charge on any atom is -0.387 e. The Labute approximate surface area is 151 Å². The van der Waals surface area contributed by atoms with Crippen molar-refractivity contribution in [2.24, 2.45) is 0 Å². The highest BCUT2D eigenvalue weighted by atomic mass is 16.5. The van der Waals surface area contributed by atoms with E-state index in [0.29, 0.717) is 0 Å². The molecule has 2 N–H and O–H groups in total. The third-order valence-electron chi connectivity index (χ3n) is 5.07. The van der Waals surface area contributed by atoms with Crippen LogP contribution in [0.2, 0.25) is 0 Å². The van der Waals surface area contributed by atoms with E-state index in [-0.39, 0.29) is 12.1 Å². The summed E-state index contributed by atoms with van der Waals surface area (Å²) in [7, 11) is 0. The minimum atomic E-state index is -0.495. The number of hydrogen-bond donors (Lipinski definition) is 2. The molecule has 2 aliphatic rings. The number of hydrogen-bond acceptors (Lipinski definition) is 4. The van der Waals surface area contributed by atoms with E-state index in [1.54, 1.807) is 0 Å². The lowest BCUT2D eigenvalue weighted by Crippen LogP contribution is -2.51. The topological polar surface area (TPSA) is 44.7 Å². The van der Waals surface area contributed by atoms with Crippen LogP contribution in [0.1, 0.15) is 31.4 Å². The maximum atomic E-state index is 11.0. The van der Waals surface area contributed by atoms with Gasteiger partial charge in [-0.2, -0.15) is 0 Å². The molecule has 0 amide bonds. The van der Waals surface area contributed by atoms with Crippen LogP contribution in [-0.2, 0) is 4.74 Å². The van der Waals surface area contributed by atoms with Gasteiger partial charge in [-0.05, 0) is 30.9 Å². The summed E-state index contributed by atoms with van der Waals surface area (Å²) < 4.78 is 5.46. The molecule has 1 aliphatic heterocycles.